The van der Waals surface area contributed by atoms with Crippen LogP contribution >= 0.6 is 12.4 Å². The van der Waals surface area contributed by atoms with Crippen molar-refractivity contribution in [3.8, 4) is 11.5 Å². The number of phenolic OH excluding ortho intramolecular Hbond substituents is 1. The van der Waals surface area contributed by atoms with Gasteiger partial charge in [-0.25, -0.2) is 0 Å². The summed E-state index contributed by atoms with van der Waals surface area (Å²) in [6, 6.07) is 4.66. The number of Topliss-reactive ketones (excluding diaryl/α,β-unsaturated/α-hetero) is 1. The van der Waals surface area contributed by atoms with E-state index in [2.05, 4.69) is 5.32 Å². The monoisotopic (exact) mass is 241 g/mol. The van der Waals surface area contributed by atoms with Crippen LogP contribution in [0.15, 0.2) is 18.2 Å². The summed E-state index contributed by atoms with van der Waals surface area (Å²) < 4.78 is 5.79. The van der Waals surface area contributed by atoms with Gasteiger partial charge >= 0.3 is 0 Å². The van der Waals surface area contributed by atoms with E-state index in [1.807, 2.05) is 0 Å². The Morgan fingerprint density at radius 3 is 2.75 bits per heavy atom. The molecule has 1 aromatic rings. The van der Waals surface area contributed by atoms with Gasteiger partial charge in [0.2, 0.25) is 0 Å². The molecule has 0 bridgehead atoms. The van der Waals surface area contributed by atoms with Gasteiger partial charge in [-0.3, -0.25) is 4.79 Å². The van der Waals surface area contributed by atoms with Crippen molar-refractivity contribution >= 4 is 18.2 Å². The third-order valence-corrected chi connectivity index (χ3v) is 2.97. The second-order valence-electron chi connectivity index (χ2n) is 4.17. The highest BCUT2D eigenvalue weighted by Crippen LogP contribution is 2.36. The van der Waals surface area contributed by atoms with Crippen molar-refractivity contribution in [2.75, 3.05) is 13.1 Å². The van der Waals surface area contributed by atoms with E-state index in [0.717, 1.165) is 13.1 Å². The number of ether oxygens (including phenoxy) is 1. The van der Waals surface area contributed by atoms with Crippen LogP contribution in [0.5, 0.6) is 11.5 Å². The minimum absolute atomic E-state index is 0. The summed E-state index contributed by atoms with van der Waals surface area (Å²) in [6.07, 6.45) is 0.399. The topological polar surface area (TPSA) is 58.6 Å². The Kier molecular flexibility index (Phi) is 2.56. The molecule has 0 atom stereocenters. The highest BCUT2D eigenvalue weighted by molar-refractivity contribution is 6.00. The van der Waals surface area contributed by atoms with Crippen LogP contribution in [-0.4, -0.2) is 29.6 Å². The predicted molar refractivity (Wildman–Crippen MR) is 60.5 cm³/mol. The van der Waals surface area contributed by atoms with E-state index in [9.17, 15) is 9.90 Å². The van der Waals surface area contributed by atoms with Crippen LogP contribution in [0.3, 0.4) is 0 Å². The van der Waals surface area contributed by atoms with Gasteiger partial charge in [-0.05, 0) is 18.2 Å². The third kappa shape index (κ3) is 1.54. The maximum Gasteiger partial charge on any atom is 0.170 e. The first-order valence-electron chi connectivity index (χ1n) is 4.95. The zero-order chi connectivity index (χ0) is 10.5. The highest BCUT2D eigenvalue weighted by Gasteiger charge is 2.45. The lowest BCUT2D eigenvalue weighted by atomic mass is 9.85. The Morgan fingerprint density at radius 2 is 2.12 bits per heavy atom. The molecule has 2 heterocycles. The first-order chi connectivity index (χ1) is 7.19. The molecule has 3 rings (SSSR count). The SMILES string of the molecule is Cl.O=C1CC2(CNC2)Oc2ccc(O)cc21. The molecule has 2 N–H and O–H groups in total. The van der Waals surface area contributed by atoms with E-state index in [0.29, 0.717) is 17.7 Å². The van der Waals surface area contributed by atoms with E-state index in [1.54, 1.807) is 6.07 Å². The van der Waals surface area contributed by atoms with Crippen LogP contribution < -0.4 is 10.1 Å². The molecule has 1 aromatic carbocycles. The van der Waals surface area contributed by atoms with Gasteiger partial charge in [0.1, 0.15) is 17.1 Å². The largest absolute Gasteiger partial charge is 0.508 e. The fourth-order valence-electron chi connectivity index (χ4n) is 2.08. The molecule has 1 spiro atoms. The van der Waals surface area contributed by atoms with Crippen molar-refractivity contribution in [3.63, 3.8) is 0 Å². The van der Waals surface area contributed by atoms with Gasteiger partial charge in [0.25, 0.3) is 0 Å². The van der Waals surface area contributed by atoms with Crippen molar-refractivity contribution in [1.29, 1.82) is 0 Å². The Morgan fingerprint density at radius 1 is 1.38 bits per heavy atom. The number of ketones is 1. The van der Waals surface area contributed by atoms with E-state index >= 15 is 0 Å². The van der Waals surface area contributed by atoms with E-state index < -0.39 is 0 Å². The normalized spacial score (nSPS) is 20.4. The van der Waals surface area contributed by atoms with Gasteiger partial charge in [-0.15, -0.1) is 12.4 Å². The Bertz CT molecular complexity index is 443. The first kappa shape index (κ1) is 11.2. The minimum atomic E-state index is -0.332. The maximum atomic E-state index is 11.8. The molecule has 86 valence electrons. The number of hydrogen-bond donors (Lipinski definition) is 2. The average Bonchev–Trinajstić information content (AvgIpc) is 2.16. The van der Waals surface area contributed by atoms with Gasteiger partial charge in [0.05, 0.1) is 12.0 Å². The van der Waals surface area contributed by atoms with Gasteiger partial charge in [0, 0.05) is 13.1 Å². The maximum absolute atomic E-state index is 11.8. The molecule has 4 nitrogen and oxygen atoms in total. The minimum Gasteiger partial charge on any atom is -0.508 e. The number of phenols is 1. The predicted octanol–water partition coefficient (Wildman–Crippen LogP) is 1.12. The van der Waals surface area contributed by atoms with Crippen molar-refractivity contribution in [3.05, 3.63) is 23.8 Å². The molecule has 1 saturated heterocycles. The molecule has 2 aliphatic rings. The lowest BCUT2D eigenvalue weighted by molar-refractivity contribution is 0.00234. The molecule has 0 saturated carbocycles. The van der Waals surface area contributed by atoms with E-state index in [4.69, 9.17) is 4.74 Å². The number of benzene rings is 1. The summed E-state index contributed by atoms with van der Waals surface area (Å²) in [6.45, 7) is 1.44. The van der Waals surface area contributed by atoms with Crippen LogP contribution in [-0.2, 0) is 0 Å². The number of aromatic hydroxyl groups is 1. The van der Waals surface area contributed by atoms with Gasteiger partial charge in [-0.2, -0.15) is 0 Å². The van der Waals surface area contributed by atoms with Crippen molar-refractivity contribution in [2.24, 2.45) is 0 Å². The third-order valence-electron chi connectivity index (χ3n) is 2.97. The second-order valence-corrected chi connectivity index (χ2v) is 4.17. The smallest absolute Gasteiger partial charge is 0.170 e. The van der Waals surface area contributed by atoms with Crippen LogP contribution in [0, 0.1) is 0 Å². The molecule has 0 unspecified atom stereocenters. The molecule has 0 aliphatic carbocycles. The lowest BCUT2D eigenvalue weighted by Gasteiger charge is -2.44. The summed E-state index contributed by atoms with van der Waals surface area (Å²) in [5, 5.41) is 12.4. The molecule has 2 aliphatic heterocycles. The van der Waals surface area contributed by atoms with Crippen molar-refractivity contribution in [1.82, 2.24) is 5.32 Å². The molecular formula is C11H12ClNO3. The Hall–Kier alpha value is -1.26. The highest BCUT2D eigenvalue weighted by atomic mass is 35.5. The molecule has 0 radical (unpaired) electrons. The summed E-state index contributed by atoms with van der Waals surface area (Å²) in [4.78, 5) is 11.8. The number of nitrogens with one attached hydrogen (secondary N) is 1. The summed E-state index contributed by atoms with van der Waals surface area (Å²) in [7, 11) is 0. The quantitative estimate of drug-likeness (QED) is 0.715. The van der Waals surface area contributed by atoms with Crippen molar-refractivity contribution < 1.29 is 14.6 Å². The zero-order valence-corrected chi connectivity index (χ0v) is 9.34. The molecule has 0 amide bonds. The fraction of sp³-hybridized carbons (Fsp3) is 0.364. The molecule has 1 fully saturated rings. The van der Waals surface area contributed by atoms with Gasteiger partial charge < -0.3 is 15.2 Å². The standard InChI is InChI=1S/C11H11NO3.ClH/c13-7-1-2-10-8(3-7)9(14)4-11(15-10)5-12-6-11;/h1-3,12-13H,4-6H2;1H. The molecule has 0 aromatic heterocycles. The number of hydrogen-bond acceptors (Lipinski definition) is 4. The van der Waals surface area contributed by atoms with Gasteiger partial charge in [0.15, 0.2) is 5.78 Å². The lowest BCUT2D eigenvalue weighted by Crippen LogP contribution is -2.65. The van der Waals surface area contributed by atoms with E-state index in [1.165, 1.54) is 12.1 Å². The van der Waals surface area contributed by atoms with Gasteiger partial charge in [-0.1, -0.05) is 0 Å². The Labute approximate surface area is 99.0 Å². The number of halogens is 1. The zero-order valence-electron chi connectivity index (χ0n) is 8.53. The number of rotatable bonds is 0. The van der Waals surface area contributed by atoms with Crippen molar-refractivity contribution in [2.45, 2.75) is 12.0 Å². The van der Waals surface area contributed by atoms with Crippen LogP contribution in [0.2, 0.25) is 0 Å². The first-order valence-corrected chi connectivity index (χ1v) is 4.95. The molecule has 5 heteroatoms. The summed E-state index contributed by atoms with van der Waals surface area (Å²) >= 11 is 0. The second kappa shape index (κ2) is 3.64. The average molecular weight is 242 g/mol. The van der Waals surface area contributed by atoms with Crippen LogP contribution in [0.4, 0.5) is 0 Å². The number of fused-ring (bicyclic) bond motifs is 1. The number of carbonyl (C=O) groups is 1. The number of carbonyl (C=O) groups excluding carboxylic acids is 1. The Balaban J connectivity index is 0.000000963. The van der Waals surface area contributed by atoms with Crippen LogP contribution in [0.1, 0.15) is 16.8 Å². The van der Waals surface area contributed by atoms with Crippen LogP contribution in [0.25, 0.3) is 0 Å². The summed E-state index contributed by atoms with van der Waals surface area (Å²) in [5.74, 6) is 0.743. The molecular weight excluding hydrogens is 230 g/mol. The fourth-order valence-corrected chi connectivity index (χ4v) is 2.08. The summed E-state index contributed by atoms with van der Waals surface area (Å²) in [5.41, 5.74) is 0.161. The van der Waals surface area contributed by atoms with E-state index in [-0.39, 0.29) is 29.5 Å². The molecule has 16 heavy (non-hydrogen) atoms.